The standard InChI is InChI=1S/C12H14BrF3N2O/c1-7(8-3-5-9(13)6-4-8)18-10(19)11(2,17)12(14,15)16/h3-7H,17H2,1-2H3,(H,18,19). The van der Waals surface area contributed by atoms with Crippen molar-refractivity contribution in [2.45, 2.75) is 31.6 Å². The molecule has 3 N–H and O–H groups in total. The van der Waals surface area contributed by atoms with E-state index in [2.05, 4.69) is 21.2 Å². The first-order chi connectivity index (χ1) is 8.55. The smallest absolute Gasteiger partial charge is 0.348 e. The normalized spacial score (nSPS) is 16.6. The fourth-order valence-electron chi connectivity index (χ4n) is 1.31. The monoisotopic (exact) mass is 338 g/mol. The number of nitrogens with two attached hydrogens (primary N) is 1. The van der Waals surface area contributed by atoms with Gasteiger partial charge in [0, 0.05) is 4.47 Å². The number of carbonyl (C=O) groups is 1. The predicted octanol–water partition coefficient (Wildman–Crippen LogP) is 2.91. The maximum absolute atomic E-state index is 12.6. The van der Waals surface area contributed by atoms with Gasteiger partial charge in [0.2, 0.25) is 5.91 Å². The maximum Gasteiger partial charge on any atom is 0.415 e. The third kappa shape index (κ3) is 3.70. The second kappa shape index (κ2) is 5.50. The molecule has 0 saturated heterocycles. The van der Waals surface area contributed by atoms with Gasteiger partial charge in [-0.2, -0.15) is 13.2 Å². The zero-order valence-electron chi connectivity index (χ0n) is 10.4. The van der Waals surface area contributed by atoms with Gasteiger partial charge in [-0.3, -0.25) is 4.79 Å². The molecule has 0 aromatic heterocycles. The van der Waals surface area contributed by atoms with Gasteiger partial charge in [0.1, 0.15) is 0 Å². The summed E-state index contributed by atoms with van der Waals surface area (Å²) in [6, 6.07) is 6.32. The highest BCUT2D eigenvalue weighted by molar-refractivity contribution is 9.10. The molecule has 1 rings (SSSR count). The summed E-state index contributed by atoms with van der Waals surface area (Å²) in [5, 5.41) is 2.26. The van der Waals surface area contributed by atoms with Crippen molar-refractivity contribution in [2.75, 3.05) is 0 Å². The Hall–Kier alpha value is -1.08. The lowest BCUT2D eigenvalue weighted by molar-refractivity contribution is -0.187. The van der Waals surface area contributed by atoms with E-state index in [4.69, 9.17) is 5.73 Å². The number of alkyl halides is 3. The molecule has 0 aliphatic rings. The third-order valence-corrected chi connectivity index (χ3v) is 3.31. The third-order valence-electron chi connectivity index (χ3n) is 2.78. The van der Waals surface area contributed by atoms with Crippen LogP contribution in [-0.2, 0) is 4.79 Å². The highest BCUT2D eigenvalue weighted by atomic mass is 79.9. The molecular weight excluding hydrogens is 325 g/mol. The fraction of sp³-hybridized carbons (Fsp3) is 0.417. The van der Waals surface area contributed by atoms with Crippen LogP contribution in [-0.4, -0.2) is 17.6 Å². The van der Waals surface area contributed by atoms with Crippen molar-refractivity contribution in [3.05, 3.63) is 34.3 Å². The summed E-state index contributed by atoms with van der Waals surface area (Å²) in [6.45, 7) is 2.24. The van der Waals surface area contributed by atoms with E-state index >= 15 is 0 Å². The Kier molecular flexibility index (Phi) is 4.63. The molecule has 106 valence electrons. The van der Waals surface area contributed by atoms with Crippen LogP contribution in [0.2, 0.25) is 0 Å². The quantitative estimate of drug-likeness (QED) is 0.890. The van der Waals surface area contributed by atoms with Crippen LogP contribution in [0, 0.1) is 0 Å². The van der Waals surface area contributed by atoms with Crippen molar-refractivity contribution in [1.82, 2.24) is 5.32 Å². The van der Waals surface area contributed by atoms with E-state index in [1.54, 1.807) is 31.2 Å². The minimum Gasteiger partial charge on any atom is -0.348 e. The minimum atomic E-state index is -4.80. The zero-order valence-corrected chi connectivity index (χ0v) is 12.0. The minimum absolute atomic E-state index is 0.564. The molecule has 0 spiro atoms. The van der Waals surface area contributed by atoms with Gasteiger partial charge < -0.3 is 11.1 Å². The summed E-state index contributed by atoms with van der Waals surface area (Å²) in [5.74, 6) is -1.25. The van der Waals surface area contributed by atoms with E-state index in [0.29, 0.717) is 12.5 Å². The van der Waals surface area contributed by atoms with Crippen molar-refractivity contribution < 1.29 is 18.0 Å². The van der Waals surface area contributed by atoms with Crippen molar-refractivity contribution >= 4 is 21.8 Å². The van der Waals surface area contributed by atoms with Crippen molar-refractivity contribution in [2.24, 2.45) is 5.73 Å². The van der Waals surface area contributed by atoms with Crippen LogP contribution in [0.5, 0.6) is 0 Å². The van der Waals surface area contributed by atoms with E-state index in [1.807, 2.05) is 0 Å². The van der Waals surface area contributed by atoms with Gasteiger partial charge in [0.05, 0.1) is 6.04 Å². The van der Waals surface area contributed by atoms with E-state index in [-0.39, 0.29) is 0 Å². The molecule has 1 amide bonds. The zero-order chi connectivity index (χ0) is 14.8. The molecule has 3 nitrogen and oxygen atoms in total. The van der Waals surface area contributed by atoms with E-state index in [0.717, 1.165) is 4.47 Å². The number of nitrogens with one attached hydrogen (secondary N) is 1. The SMILES string of the molecule is CC(NC(=O)C(C)(N)C(F)(F)F)c1ccc(Br)cc1. The van der Waals surface area contributed by atoms with Gasteiger partial charge in [0.15, 0.2) is 5.54 Å². The number of hydrogen-bond donors (Lipinski definition) is 2. The number of halogens is 4. The Morgan fingerprint density at radius 1 is 1.32 bits per heavy atom. The Bertz CT molecular complexity index is 457. The molecular formula is C12H14BrF3N2O. The van der Waals surface area contributed by atoms with Crippen LogP contribution >= 0.6 is 15.9 Å². The number of benzene rings is 1. The van der Waals surface area contributed by atoms with Crippen LogP contribution < -0.4 is 11.1 Å². The summed E-state index contributed by atoms with van der Waals surface area (Å²) in [5.41, 5.74) is 2.83. The maximum atomic E-state index is 12.6. The lowest BCUT2D eigenvalue weighted by Gasteiger charge is -2.28. The lowest BCUT2D eigenvalue weighted by Crippen LogP contribution is -2.61. The van der Waals surface area contributed by atoms with Crippen LogP contribution in [0.3, 0.4) is 0 Å². The Morgan fingerprint density at radius 3 is 2.21 bits per heavy atom. The van der Waals surface area contributed by atoms with Gasteiger partial charge in [-0.15, -0.1) is 0 Å². The van der Waals surface area contributed by atoms with Crippen molar-refractivity contribution in [3.63, 3.8) is 0 Å². The van der Waals surface area contributed by atoms with Gasteiger partial charge in [-0.1, -0.05) is 28.1 Å². The molecule has 0 aliphatic heterocycles. The predicted molar refractivity (Wildman–Crippen MR) is 69.3 cm³/mol. The van der Waals surface area contributed by atoms with Crippen molar-refractivity contribution in [3.8, 4) is 0 Å². The highest BCUT2D eigenvalue weighted by Crippen LogP contribution is 2.28. The Labute approximate surface area is 117 Å². The second-order valence-corrected chi connectivity index (χ2v) is 5.36. The molecule has 2 unspecified atom stereocenters. The topological polar surface area (TPSA) is 55.1 Å². The first kappa shape index (κ1) is 16.0. The van der Waals surface area contributed by atoms with Gasteiger partial charge >= 0.3 is 6.18 Å². The summed E-state index contributed by atoms with van der Waals surface area (Å²) in [4.78, 5) is 11.6. The van der Waals surface area contributed by atoms with Gasteiger partial charge in [0.25, 0.3) is 0 Å². The molecule has 0 heterocycles. The molecule has 0 radical (unpaired) electrons. The Balaban J connectivity index is 2.80. The first-order valence-electron chi connectivity index (χ1n) is 5.47. The molecule has 7 heteroatoms. The summed E-state index contributed by atoms with van der Waals surface area (Å²) >= 11 is 3.25. The number of rotatable bonds is 3. The summed E-state index contributed by atoms with van der Waals surface area (Å²) < 4.78 is 38.6. The molecule has 0 aliphatic carbocycles. The highest BCUT2D eigenvalue weighted by Gasteiger charge is 2.54. The summed E-state index contributed by atoms with van der Waals surface area (Å²) in [7, 11) is 0. The molecule has 1 aromatic rings. The molecule has 1 aromatic carbocycles. The van der Waals surface area contributed by atoms with Crippen LogP contribution in [0.25, 0.3) is 0 Å². The van der Waals surface area contributed by atoms with Gasteiger partial charge in [-0.05, 0) is 31.5 Å². The number of hydrogen-bond acceptors (Lipinski definition) is 2. The first-order valence-corrected chi connectivity index (χ1v) is 6.27. The van der Waals surface area contributed by atoms with Gasteiger partial charge in [-0.25, -0.2) is 0 Å². The summed E-state index contributed by atoms with van der Waals surface area (Å²) in [6.07, 6.45) is -4.80. The molecule has 0 saturated carbocycles. The second-order valence-electron chi connectivity index (χ2n) is 4.45. The fourth-order valence-corrected chi connectivity index (χ4v) is 1.57. The molecule has 0 fully saturated rings. The van der Waals surface area contributed by atoms with E-state index < -0.39 is 23.7 Å². The largest absolute Gasteiger partial charge is 0.415 e. The lowest BCUT2D eigenvalue weighted by atomic mass is 10.0. The average Bonchev–Trinajstić information content (AvgIpc) is 2.28. The van der Waals surface area contributed by atoms with Crippen LogP contribution in [0.1, 0.15) is 25.5 Å². The van der Waals surface area contributed by atoms with Crippen LogP contribution in [0.15, 0.2) is 28.7 Å². The molecule has 0 bridgehead atoms. The van der Waals surface area contributed by atoms with E-state index in [1.165, 1.54) is 0 Å². The molecule has 19 heavy (non-hydrogen) atoms. The van der Waals surface area contributed by atoms with Crippen molar-refractivity contribution in [1.29, 1.82) is 0 Å². The Morgan fingerprint density at radius 2 is 1.79 bits per heavy atom. The van der Waals surface area contributed by atoms with E-state index in [9.17, 15) is 18.0 Å². The number of carbonyl (C=O) groups excluding carboxylic acids is 1. The average molecular weight is 339 g/mol. The van der Waals surface area contributed by atoms with Crippen LogP contribution in [0.4, 0.5) is 13.2 Å². The molecule has 2 atom stereocenters. The number of amides is 1.